The Hall–Kier alpha value is -3.21. The molecule has 0 fully saturated rings. The minimum Gasteiger partial charge on any atom is -0.456 e. The van der Waals surface area contributed by atoms with Gasteiger partial charge in [0.1, 0.15) is 17.3 Å². The SMILES string of the molecule is CCC(=O)Cc1ccc(Oc2ccnc3cc(C)c(C(N)=O)cc23)c(C)c1C. The predicted octanol–water partition coefficient (Wildman–Crippen LogP) is 4.57. The van der Waals surface area contributed by atoms with Crippen LogP contribution in [0.1, 0.15) is 46.0 Å². The van der Waals surface area contributed by atoms with Crippen LogP contribution < -0.4 is 10.5 Å². The number of aromatic nitrogens is 1. The van der Waals surface area contributed by atoms with Gasteiger partial charge < -0.3 is 10.5 Å². The van der Waals surface area contributed by atoms with Gasteiger partial charge in [-0.2, -0.15) is 0 Å². The molecule has 0 spiro atoms. The van der Waals surface area contributed by atoms with Crippen molar-refractivity contribution < 1.29 is 14.3 Å². The molecule has 2 N–H and O–H groups in total. The summed E-state index contributed by atoms with van der Waals surface area (Å²) in [6.07, 6.45) is 2.64. The molecule has 0 unspecified atom stereocenters. The second kappa shape index (κ2) is 7.80. The fourth-order valence-electron chi connectivity index (χ4n) is 3.24. The highest BCUT2D eigenvalue weighted by Gasteiger charge is 2.14. The van der Waals surface area contributed by atoms with E-state index in [0.717, 1.165) is 33.2 Å². The number of Topliss-reactive ketones (excluding diaryl/α,β-unsaturated/α-hetero) is 1. The molecule has 2 aromatic carbocycles. The number of hydrogen-bond acceptors (Lipinski definition) is 4. The number of carbonyl (C=O) groups excluding carboxylic acids is 2. The molecule has 5 heteroatoms. The molecule has 0 aliphatic rings. The van der Waals surface area contributed by atoms with Gasteiger partial charge >= 0.3 is 0 Å². The number of rotatable bonds is 6. The Labute approximate surface area is 164 Å². The fourth-order valence-corrected chi connectivity index (χ4v) is 3.24. The zero-order chi connectivity index (χ0) is 20.4. The molecule has 0 radical (unpaired) electrons. The van der Waals surface area contributed by atoms with Crippen LogP contribution in [0.3, 0.4) is 0 Å². The first kappa shape index (κ1) is 19.5. The number of carbonyl (C=O) groups is 2. The molecule has 5 nitrogen and oxygen atoms in total. The van der Waals surface area contributed by atoms with Gasteiger partial charge in [-0.15, -0.1) is 0 Å². The lowest BCUT2D eigenvalue weighted by molar-refractivity contribution is -0.118. The van der Waals surface area contributed by atoms with Gasteiger partial charge in [-0.1, -0.05) is 13.0 Å². The predicted molar refractivity (Wildman–Crippen MR) is 110 cm³/mol. The van der Waals surface area contributed by atoms with Crippen LogP contribution >= 0.6 is 0 Å². The summed E-state index contributed by atoms with van der Waals surface area (Å²) < 4.78 is 6.19. The van der Waals surface area contributed by atoms with Gasteiger partial charge in [-0.25, -0.2) is 0 Å². The highest BCUT2D eigenvalue weighted by Crippen LogP contribution is 2.34. The lowest BCUT2D eigenvalue weighted by atomic mass is 9.97. The molecular formula is C23H24N2O3. The third-order valence-electron chi connectivity index (χ3n) is 5.16. The fraction of sp³-hybridized carbons (Fsp3) is 0.261. The van der Waals surface area contributed by atoms with Crippen molar-refractivity contribution in [2.45, 2.75) is 40.5 Å². The second-order valence-corrected chi connectivity index (χ2v) is 7.00. The lowest BCUT2D eigenvalue weighted by Gasteiger charge is -2.15. The van der Waals surface area contributed by atoms with E-state index in [1.54, 1.807) is 18.3 Å². The summed E-state index contributed by atoms with van der Waals surface area (Å²) >= 11 is 0. The van der Waals surface area contributed by atoms with E-state index >= 15 is 0 Å². The molecule has 28 heavy (non-hydrogen) atoms. The van der Waals surface area contributed by atoms with Crippen molar-refractivity contribution in [3.8, 4) is 11.5 Å². The first-order chi connectivity index (χ1) is 13.3. The van der Waals surface area contributed by atoms with Crippen molar-refractivity contribution in [3.63, 3.8) is 0 Å². The number of ether oxygens (including phenoxy) is 1. The average molecular weight is 376 g/mol. The molecule has 0 aliphatic heterocycles. The van der Waals surface area contributed by atoms with Crippen LogP contribution in [0, 0.1) is 20.8 Å². The summed E-state index contributed by atoms with van der Waals surface area (Å²) in [4.78, 5) is 27.9. The molecule has 144 valence electrons. The van der Waals surface area contributed by atoms with Gasteiger partial charge in [0.2, 0.25) is 5.91 Å². The molecule has 3 rings (SSSR count). The maximum absolute atomic E-state index is 11.8. The topological polar surface area (TPSA) is 82.3 Å². The van der Waals surface area contributed by atoms with Crippen molar-refractivity contribution in [2.24, 2.45) is 5.73 Å². The maximum Gasteiger partial charge on any atom is 0.248 e. The van der Waals surface area contributed by atoms with Crippen LogP contribution in [-0.4, -0.2) is 16.7 Å². The first-order valence-corrected chi connectivity index (χ1v) is 9.29. The largest absolute Gasteiger partial charge is 0.456 e. The van der Waals surface area contributed by atoms with Gasteiger partial charge in [-0.3, -0.25) is 14.6 Å². The Balaban J connectivity index is 2.03. The maximum atomic E-state index is 11.8. The van der Waals surface area contributed by atoms with Crippen LogP contribution in [0.2, 0.25) is 0 Å². The van der Waals surface area contributed by atoms with Crippen molar-refractivity contribution in [1.82, 2.24) is 4.98 Å². The molecule has 1 amide bonds. The molecule has 0 saturated heterocycles. The molecular weight excluding hydrogens is 352 g/mol. The van der Waals surface area contributed by atoms with E-state index in [-0.39, 0.29) is 5.78 Å². The third-order valence-corrected chi connectivity index (χ3v) is 5.16. The number of pyridine rings is 1. The third kappa shape index (κ3) is 3.74. The average Bonchev–Trinajstić information content (AvgIpc) is 2.66. The summed E-state index contributed by atoms with van der Waals surface area (Å²) in [5, 5.41) is 0.726. The van der Waals surface area contributed by atoms with Crippen LogP contribution in [0.25, 0.3) is 10.9 Å². The Bertz CT molecular complexity index is 1090. The Morgan fingerprint density at radius 3 is 2.46 bits per heavy atom. The standard InChI is InChI=1S/C23H24N2O3/c1-5-17(26)11-16-6-7-21(15(4)14(16)3)28-22-8-9-25-20-10-13(2)18(23(24)27)12-19(20)22/h6-10,12H,5,11H2,1-4H3,(H2,24,27). The van der Waals surface area contributed by atoms with E-state index in [2.05, 4.69) is 4.98 Å². The number of ketones is 1. The second-order valence-electron chi connectivity index (χ2n) is 7.00. The molecule has 3 aromatic rings. The number of nitrogens with two attached hydrogens (primary N) is 1. The van der Waals surface area contributed by atoms with Crippen LogP contribution in [0.15, 0.2) is 36.5 Å². The van der Waals surface area contributed by atoms with E-state index in [1.165, 1.54) is 0 Å². The number of amides is 1. The van der Waals surface area contributed by atoms with E-state index in [9.17, 15) is 9.59 Å². The van der Waals surface area contributed by atoms with Crippen molar-refractivity contribution in [2.75, 3.05) is 0 Å². The summed E-state index contributed by atoms with van der Waals surface area (Å²) in [5.74, 6) is 1.04. The number of benzene rings is 2. The number of primary amides is 1. The van der Waals surface area contributed by atoms with Crippen molar-refractivity contribution in [1.29, 1.82) is 0 Å². The quantitative estimate of drug-likeness (QED) is 0.683. The van der Waals surface area contributed by atoms with Gasteiger partial charge in [0.25, 0.3) is 0 Å². The zero-order valence-electron chi connectivity index (χ0n) is 16.6. The van der Waals surface area contributed by atoms with Gasteiger partial charge in [-0.05, 0) is 67.3 Å². The molecule has 1 heterocycles. The Morgan fingerprint density at radius 1 is 1.04 bits per heavy atom. The molecule has 1 aromatic heterocycles. The zero-order valence-corrected chi connectivity index (χ0v) is 16.6. The monoisotopic (exact) mass is 376 g/mol. The summed E-state index contributed by atoms with van der Waals surface area (Å²) in [7, 11) is 0. The number of fused-ring (bicyclic) bond motifs is 1. The number of nitrogens with zero attached hydrogens (tertiary/aromatic N) is 1. The van der Waals surface area contributed by atoms with E-state index in [0.29, 0.717) is 29.9 Å². The first-order valence-electron chi connectivity index (χ1n) is 9.29. The molecule has 0 aliphatic carbocycles. The lowest BCUT2D eigenvalue weighted by Crippen LogP contribution is -2.12. The van der Waals surface area contributed by atoms with Crippen LogP contribution in [0.5, 0.6) is 11.5 Å². The number of hydrogen-bond donors (Lipinski definition) is 1. The normalized spacial score (nSPS) is 10.9. The summed E-state index contributed by atoms with van der Waals surface area (Å²) in [6, 6.07) is 9.15. The summed E-state index contributed by atoms with van der Waals surface area (Å²) in [6.45, 7) is 7.68. The summed E-state index contributed by atoms with van der Waals surface area (Å²) in [5.41, 5.74) is 10.5. The highest BCUT2D eigenvalue weighted by molar-refractivity contribution is 6.00. The van der Waals surface area contributed by atoms with Gasteiger partial charge in [0.05, 0.1) is 5.52 Å². The molecule has 0 saturated carbocycles. The number of aryl methyl sites for hydroxylation is 1. The van der Waals surface area contributed by atoms with E-state index in [4.69, 9.17) is 10.5 Å². The Morgan fingerprint density at radius 2 is 1.79 bits per heavy atom. The van der Waals surface area contributed by atoms with Crippen LogP contribution in [-0.2, 0) is 11.2 Å². The van der Waals surface area contributed by atoms with Gasteiger partial charge in [0, 0.05) is 30.0 Å². The van der Waals surface area contributed by atoms with Crippen molar-refractivity contribution in [3.05, 3.63) is 64.3 Å². The minimum absolute atomic E-state index is 0.214. The Kier molecular flexibility index (Phi) is 5.45. The van der Waals surface area contributed by atoms with Crippen molar-refractivity contribution >= 4 is 22.6 Å². The van der Waals surface area contributed by atoms with Gasteiger partial charge in [0.15, 0.2) is 0 Å². The van der Waals surface area contributed by atoms with E-state index in [1.807, 2.05) is 45.9 Å². The smallest absolute Gasteiger partial charge is 0.248 e. The van der Waals surface area contributed by atoms with E-state index < -0.39 is 5.91 Å². The minimum atomic E-state index is -0.480. The molecule has 0 atom stereocenters. The molecule has 0 bridgehead atoms. The van der Waals surface area contributed by atoms with Crippen LogP contribution in [0.4, 0.5) is 0 Å². The highest BCUT2D eigenvalue weighted by atomic mass is 16.5.